The van der Waals surface area contributed by atoms with E-state index in [4.69, 9.17) is 10.5 Å². The first-order valence-corrected chi connectivity index (χ1v) is 8.35. The van der Waals surface area contributed by atoms with E-state index in [1.54, 1.807) is 0 Å². The monoisotopic (exact) mass is 290 g/mol. The van der Waals surface area contributed by atoms with E-state index < -0.39 is 0 Å². The van der Waals surface area contributed by atoms with Gasteiger partial charge in [-0.05, 0) is 37.3 Å². The van der Waals surface area contributed by atoms with Crippen LogP contribution in [-0.2, 0) is 4.74 Å². The van der Waals surface area contributed by atoms with Crippen LogP contribution in [0.25, 0.3) is 0 Å². The molecular weight excluding hydrogens is 260 g/mol. The molecule has 21 heavy (non-hydrogen) atoms. The molecule has 0 aromatic heterocycles. The van der Waals surface area contributed by atoms with Gasteiger partial charge >= 0.3 is 0 Å². The number of rotatable bonds is 8. The lowest BCUT2D eigenvalue weighted by atomic mass is 9.93. The molecule has 0 spiro atoms. The fourth-order valence-corrected chi connectivity index (χ4v) is 3.31. The van der Waals surface area contributed by atoms with E-state index in [1.807, 2.05) is 0 Å². The second-order valence-electron chi connectivity index (χ2n) is 6.16. The van der Waals surface area contributed by atoms with Gasteiger partial charge in [-0.2, -0.15) is 0 Å². The number of benzene rings is 1. The van der Waals surface area contributed by atoms with Crippen LogP contribution < -0.4 is 5.73 Å². The highest BCUT2D eigenvalue weighted by atomic mass is 16.5. The highest BCUT2D eigenvalue weighted by Crippen LogP contribution is 2.23. The van der Waals surface area contributed by atoms with Gasteiger partial charge in [-0.25, -0.2) is 0 Å². The van der Waals surface area contributed by atoms with Crippen molar-refractivity contribution in [2.45, 2.75) is 51.2 Å². The van der Waals surface area contributed by atoms with Crippen molar-refractivity contribution in [1.29, 1.82) is 0 Å². The van der Waals surface area contributed by atoms with Crippen LogP contribution >= 0.6 is 0 Å². The van der Waals surface area contributed by atoms with E-state index in [9.17, 15) is 0 Å². The Hall–Kier alpha value is -0.900. The Morgan fingerprint density at radius 1 is 1.33 bits per heavy atom. The number of nitrogens with zero attached hydrogens (tertiary/aromatic N) is 1. The summed E-state index contributed by atoms with van der Waals surface area (Å²) in [7, 11) is 0. The van der Waals surface area contributed by atoms with Crippen molar-refractivity contribution in [3.8, 4) is 0 Å². The maximum atomic E-state index is 6.07. The van der Waals surface area contributed by atoms with Crippen molar-refractivity contribution in [2.75, 3.05) is 26.2 Å². The van der Waals surface area contributed by atoms with E-state index in [0.717, 1.165) is 32.7 Å². The molecule has 0 amide bonds. The summed E-state index contributed by atoms with van der Waals surface area (Å²) in [4.78, 5) is 2.51. The Labute approximate surface area is 129 Å². The SMILES string of the molecule is CCN(CC1CCCO1)C(CN)CC(C)c1ccccc1. The molecule has 0 bridgehead atoms. The molecule has 2 N–H and O–H groups in total. The fourth-order valence-electron chi connectivity index (χ4n) is 3.31. The quantitative estimate of drug-likeness (QED) is 0.800. The Balaban J connectivity index is 1.93. The molecule has 1 fully saturated rings. The first-order chi connectivity index (χ1) is 10.2. The van der Waals surface area contributed by atoms with Crippen molar-refractivity contribution in [2.24, 2.45) is 5.73 Å². The zero-order valence-electron chi connectivity index (χ0n) is 13.5. The number of ether oxygens (including phenoxy) is 1. The number of hydrogen-bond donors (Lipinski definition) is 1. The van der Waals surface area contributed by atoms with E-state index in [1.165, 1.54) is 18.4 Å². The summed E-state index contributed by atoms with van der Waals surface area (Å²) in [5.41, 5.74) is 7.47. The summed E-state index contributed by atoms with van der Waals surface area (Å²) in [5, 5.41) is 0. The molecule has 0 aliphatic carbocycles. The molecular formula is C18H30N2O. The van der Waals surface area contributed by atoms with Crippen LogP contribution in [0.15, 0.2) is 30.3 Å². The van der Waals surface area contributed by atoms with Gasteiger partial charge in [0.2, 0.25) is 0 Å². The molecule has 3 unspecified atom stereocenters. The lowest BCUT2D eigenvalue weighted by molar-refractivity contribution is 0.0577. The van der Waals surface area contributed by atoms with Gasteiger partial charge in [-0.1, -0.05) is 44.2 Å². The topological polar surface area (TPSA) is 38.5 Å². The number of nitrogens with two attached hydrogens (primary N) is 1. The maximum Gasteiger partial charge on any atom is 0.0702 e. The predicted octanol–water partition coefficient (Wildman–Crippen LogP) is 3.01. The third kappa shape index (κ3) is 4.80. The van der Waals surface area contributed by atoms with E-state index in [0.29, 0.717) is 18.1 Å². The van der Waals surface area contributed by atoms with Crippen LogP contribution in [0.3, 0.4) is 0 Å². The summed E-state index contributed by atoms with van der Waals surface area (Å²) >= 11 is 0. The first kappa shape index (κ1) is 16.5. The maximum absolute atomic E-state index is 6.07. The average Bonchev–Trinajstić information content (AvgIpc) is 3.04. The Morgan fingerprint density at radius 3 is 2.67 bits per heavy atom. The standard InChI is InChI=1S/C18H30N2O/c1-3-20(14-18-10-7-11-21-18)17(13-19)12-15(2)16-8-5-4-6-9-16/h4-6,8-9,15,17-18H,3,7,10-14,19H2,1-2H3. The Morgan fingerprint density at radius 2 is 2.10 bits per heavy atom. The van der Waals surface area contributed by atoms with Crippen LogP contribution in [0.4, 0.5) is 0 Å². The molecule has 3 nitrogen and oxygen atoms in total. The van der Waals surface area contributed by atoms with Gasteiger partial charge in [0.1, 0.15) is 0 Å². The molecule has 1 heterocycles. The van der Waals surface area contributed by atoms with E-state index in [-0.39, 0.29) is 0 Å². The third-order valence-corrected chi connectivity index (χ3v) is 4.65. The normalized spacial score (nSPS) is 21.6. The molecule has 2 rings (SSSR count). The molecule has 1 aliphatic rings. The summed E-state index contributed by atoms with van der Waals surface area (Å²) in [5.74, 6) is 0.540. The van der Waals surface area contributed by atoms with Crippen molar-refractivity contribution in [3.63, 3.8) is 0 Å². The third-order valence-electron chi connectivity index (χ3n) is 4.65. The summed E-state index contributed by atoms with van der Waals surface area (Å²) in [6, 6.07) is 11.2. The Kier molecular flexibility index (Phi) is 6.68. The zero-order chi connectivity index (χ0) is 15.1. The van der Waals surface area contributed by atoms with Crippen molar-refractivity contribution >= 4 is 0 Å². The minimum atomic E-state index is 0.408. The largest absolute Gasteiger partial charge is 0.377 e. The van der Waals surface area contributed by atoms with Gasteiger partial charge in [0.05, 0.1) is 6.10 Å². The molecule has 0 saturated carbocycles. The number of hydrogen-bond acceptors (Lipinski definition) is 3. The smallest absolute Gasteiger partial charge is 0.0702 e. The number of likely N-dealkylation sites (N-methyl/N-ethyl adjacent to an activating group) is 1. The molecule has 3 atom stereocenters. The van der Waals surface area contributed by atoms with Gasteiger partial charge in [-0.15, -0.1) is 0 Å². The minimum absolute atomic E-state index is 0.408. The van der Waals surface area contributed by atoms with Gasteiger partial charge in [0.25, 0.3) is 0 Å². The molecule has 1 aliphatic heterocycles. The second kappa shape index (κ2) is 8.52. The summed E-state index contributed by atoms with van der Waals surface area (Å²) < 4.78 is 5.79. The predicted molar refractivity (Wildman–Crippen MR) is 88.5 cm³/mol. The molecule has 3 heteroatoms. The van der Waals surface area contributed by atoms with Crippen LogP contribution in [0.5, 0.6) is 0 Å². The van der Waals surface area contributed by atoms with Gasteiger partial charge in [-0.3, -0.25) is 4.90 Å². The van der Waals surface area contributed by atoms with Gasteiger partial charge < -0.3 is 10.5 Å². The lowest BCUT2D eigenvalue weighted by Gasteiger charge is -2.33. The molecule has 1 saturated heterocycles. The highest BCUT2D eigenvalue weighted by molar-refractivity contribution is 5.18. The van der Waals surface area contributed by atoms with Crippen LogP contribution in [-0.4, -0.2) is 43.3 Å². The molecule has 118 valence electrons. The van der Waals surface area contributed by atoms with Crippen molar-refractivity contribution in [1.82, 2.24) is 4.90 Å². The first-order valence-electron chi connectivity index (χ1n) is 8.35. The van der Waals surface area contributed by atoms with Gasteiger partial charge in [0.15, 0.2) is 0 Å². The summed E-state index contributed by atoms with van der Waals surface area (Å²) in [6.45, 7) is 8.25. The Bertz CT molecular complexity index is 389. The molecule has 0 radical (unpaired) electrons. The second-order valence-corrected chi connectivity index (χ2v) is 6.16. The molecule has 1 aromatic carbocycles. The van der Waals surface area contributed by atoms with Crippen LogP contribution in [0.1, 0.15) is 44.6 Å². The van der Waals surface area contributed by atoms with E-state index in [2.05, 4.69) is 49.1 Å². The van der Waals surface area contributed by atoms with E-state index >= 15 is 0 Å². The average molecular weight is 290 g/mol. The summed E-state index contributed by atoms with van der Waals surface area (Å²) in [6.07, 6.45) is 3.92. The molecule has 1 aromatic rings. The lowest BCUT2D eigenvalue weighted by Crippen LogP contribution is -2.44. The van der Waals surface area contributed by atoms with Crippen molar-refractivity contribution in [3.05, 3.63) is 35.9 Å². The van der Waals surface area contributed by atoms with Crippen molar-refractivity contribution < 1.29 is 4.74 Å². The van der Waals surface area contributed by atoms with Crippen LogP contribution in [0, 0.1) is 0 Å². The fraction of sp³-hybridized carbons (Fsp3) is 0.667. The minimum Gasteiger partial charge on any atom is -0.377 e. The highest BCUT2D eigenvalue weighted by Gasteiger charge is 2.24. The van der Waals surface area contributed by atoms with Crippen LogP contribution in [0.2, 0.25) is 0 Å². The van der Waals surface area contributed by atoms with Gasteiger partial charge in [0, 0.05) is 25.7 Å². The zero-order valence-corrected chi connectivity index (χ0v) is 13.5.